The predicted octanol–water partition coefficient (Wildman–Crippen LogP) is 4.04. The quantitative estimate of drug-likeness (QED) is 0.436. The van der Waals surface area contributed by atoms with Crippen LogP contribution in [0.5, 0.6) is 17.2 Å². The molecule has 2 rings (SSSR count). The van der Waals surface area contributed by atoms with Crippen molar-refractivity contribution in [2.75, 3.05) is 13.2 Å². The van der Waals surface area contributed by atoms with Crippen molar-refractivity contribution >= 4 is 12.0 Å². The minimum atomic E-state index is -0.201. The van der Waals surface area contributed by atoms with Crippen LogP contribution in [0.1, 0.15) is 37.3 Å². The molecule has 0 aromatic heterocycles. The normalized spacial score (nSPS) is 10.9. The molecule has 1 amide bonds. The van der Waals surface area contributed by atoms with Crippen molar-refractivity contribution in [2.24, 2.45) is 0 Å². The molecule has 0 aliphatic carbocycles. The fraction of sp³-hybridized carbons (Fsp3) is 0.318. The first kappa shape index (κ1) is 20.4. The first-order valence-corrected chi connectivity index (χ1v) is 9.28. The van der Waals surface area contributed by atoms with Gasteiger partial charge in [-0.05, 0) is 54.3 Å². The van der Waals surface area contributed by atoms with Gasteiger partial charge in [0.05, 0.1) is 6.61 Å². The number of benzene rings is 2. The van der Waals surface area contributed by atoms with Crippen LogP contribution in [0.25, 0.3) is 6.08 Å². The lowest BCUT2D eigenvalue weighted by Crippen LogP contribution is -2.23. The highest BCUT2D eigenvalue weighted by molar-refractivity contribution is 5.91. The van der Waals surface area contributed by atoms with Gasteiger partial charge in [0.2, 0.25) is 5.91 Å². The van der Waals surface area contributed by atoms with E-state index in [2.05, 4.69) is 12.2 Å². The number of amides is 1. The number of phenolic OH excluding ortho intramolecular Hbond substituents is 2. The minimum Gasteiger partial charge on any atom is -0.508 e. The van der Waals surface area contributed by atoms with Crippen molar-refractivity contribution in [1.82, 2.24) is 5.32 Å². The van der Waals surface area contributed by atoms with Gasteiger partial charge in [-0.3, -0.25) is 4.79 Å². The van der Waals surface area contributed by atoms with Gasteiger partial charge in [0, 0.05) is 12.6 Å². The van der Waals surface area contributed by atoms with Gasteiger partial charge in [0.15, 0.2) is 11.5 Å². The summed E-state index contributed by atoms with van der Waals surface area (Å²) in [5.41, 5.74) is 1.76. The molecule has 0 unspecified atom stereocenters. The highest BCUT2D eigenvalue weighted by Crippen LogP contribution is 2.27. The summed E-state index contributed by atoms with van der Waals surface area (Å²) in [5.74, 6) is 0.558. The van der Waals surface area contributed by atoms with E-state index in [1.807, 2.05) is 12.1 Å². The molecule has 0 atom stereocenters. The summed E-state index contributed by atoms with van der Waals surface area (Å²) in [7, 11) is 0. The number of carbonyl (C=O) groups excluding carboxylic acids is 1. The third kappa shape index (κ3) is 7.44. The van der Waals surface area contributed by atoms with Crippen molar-refractivity contribution in [3.05, 3.63) is 59.7 Å². The summed E-state index contributed by atoms with van der Waals surface area (Å²) >= 11 is 0. The molecule has 5 nitrogen and oxygen atoms in total. The van der Waals surface area contributed by atoms with E-state index in [1.165, 1.54) is 6.08 Å². The summed E-state index contributed by atoms with van der Waals surface area (Å²) in [6, 6.07) is 12.0. The average Bonchev–Trinajstić information content (AvgIpc) is 2.66. The Morgan fingerprint density at radius 1 is 1.11 bits per heavy atom. The van der Waals surface area contributed by atoms with Crippen LogP contribution in [0.4, 0.5) is 0 Å². The van der Waals surface area contributed by atoms with E-state index in [9.17, 15) is 15.0 Å². The summed E-state index contributed by atoms with van der Waals surface area (Å²) in [5, 5.41) is 22.1. The summed E-state index contributed by atoms with van der Waals surface area (Å²) in [6.07, 6.45) is 6.95. The SMILES string of the molecule is CCCCCOc1ccc(C=CC(=O)NCCc2ccc(O)cc2)cc1O. The van der Waals surface area contributed by atoms with Crippen molar-refractivity contribution in [3.63, 3.8) is 0 Å². The monoisotopic (exact) mass is 369 g/mol. The Morgan fingerprint density at radius 2 is 1.89 bits per heavy atom. The number of ether oxygens (including phenoxy) is 1. The number of carbonyl (C=O) groups is 1. The topological polar surface area (TPSA) is 78.8 Å². The molecule has 0 spiro atoms. The fourth-order valence-electron chi connectivity index (χ4n) is 2.52. The maximum atomic E-state index is 11.9. The Balaban J connectivity index is 1.77. The number of nitrogens with one attached hydrogen (secondary N) is 1. The smallest absolute Gasteiger partial charge is 0.244 e. The molecule has 3 N–H and O–H groups in total. The number of hydrogen-bond donors (Lipinski definition) is 3. The number of hydrogen-bond acceptors (Lipinski definition) is 4. The minimum absolute atomic E-state index is 0.0707. The first-order valence-electron chi connectivity index (χ1n) is 9.28. The largest absolute Gasteiger partial charge is 0.508 e. The fourth-order valence-corrected chi connectivity index (χ4v) is 2.52. The number of aromatic hydroxyl groups is 2. The third-order valence-corrected chi connectivity index (χ3v) is 4.06. The Morgan fingerprint density at radius 3 is 2.59 bits per heavy atom. The zero-order chi connectivity index (χ0) is 19.5. The molecule has 0 aliphatic rings. The molecular formula is C22H27NO4. The van der Waals surface area contributed by atoms with Crippen LogP contribution in [-0.2, 0) is 11.2 Å². The van der Waals surface area contributed by atoms with Crippen LogP contribution >= 0.6 is 0 Å². The van der Waals surface area contributed by atoms with Gasteiger partial charge < -0.3 is 20.3 Å². The van der Waals surface area contributed by atoms with Gasteiger partial charge in [-0.2, -0.15) is 0 Å². The molecule has 0 radical (unpaired) electrons. The van der Waals surface area contributed by atoms with E-state index in [0.29, 0.717) is 25.3 Å². The Bertz CT molecular complexity index is 753. The lowest BCUT2D eigenvalue weighted by atomic mass is 10.1. The summed E-state index contributed by atoms with van der Waals surface area (Å²) in [6.45, 7) is 3.21. The van der Waals surface area contributed by atoms with Gasteiger partial charge in [0.1, 0.15) is 5.75 Å². The predicted molar refractivity (Wildman–Crippen MR) is 107 cm³/mol. The van der Waals surface area contributed by atoms with Crippen molar-refractivity contribution in [3.8, 4) is 17.2 Å². The zero-order valence-electron chi connectivity index (χ0n) is 15.6. The maximum absolute atomic E-state index is 11.9. The lowest BCUT2D eigenvalue weighted by Gasteiger charge is -2.08. The second kappa shape index (κ2) is 10.9. The molecule has 2 aromatic rings. The Kier molecular flexibility index (Phi) is 8.23. The van der Waals surface area contributed by atoms with Gasteiger partial charge in [0.25, 0.3) is 0 Å². The third-order valence-electron chi connectivity index (χ3n) is 4.06. The van der Waals surface area contributed by atoms with Crippen LogP contribution in [0, 0.1) is 0 Å². The molecule has 27 heavy (non-hydrogen) atoms. The molecule has 2 aromatic carbocycles. The maximum Gasteiger partial charge on any atom is 0.244 e. The van der Waals surface area contributed by atoms with E-state index in [0.717, 1.165) is 30.4 Å². The second-order valence-electron chi connectivity index (χ2n) is 6.32. The number of rotatable bonds is 10. The lowest BCUT2D eigenvalue weighted by molar-refractivity contribution is -0.116. The van der Waals surface area contributed by atoms with Gasteiger partial charge in [-0.1, -0.05) is 38.0 Å². The van der Waals surface area contributed by atoms with Crippen LogP contribution in [0.3, 0.4) is 0 Å². The van der Waals surface area contributed by atoms with Crippen LogP contribution in [0.15, 0.2) is 48.5 Å². The van der Waals surface area contributed by atoms with E-state index in [-0.39, 0.29) is 17.4 Å². The molecule has 0 heterocycles. The van der Waals surface area contributed by atoms with E-state index in [4.69, 9.17) is 4.74 Å². The number of unbranched alkanes of at least 4 members (excludes halogenated alkanes) is 2. The summed E-state index contributed by atoms with van der Waals surface area (Å²) in [4.78, 5) is 11.9. The van der Waals surface area contributed by atoms with Crippen LogP contribution in [-0.4, -0.2) is 29.3 Å². The highest BCUT2D eigenvalue weighted by atomic mass is 16.5. The molecule has 0 saturated heterocycles. The zero-order valence-corrected chi connectivity index (χ0v) is 15.6. The van der Waals surface area contributed by atoms with Crippen molar-refractivity contribution in [1.29, 1.82) is 0 Å². The average molecular weight is 369 g/mol. The number of phenols is 2. The molecule has 0 aliphatic heterocycles. The molecule has 0 fully saturated rings. The van der Waals surface area contributed by atoms with E-state index in [1.54, 1.807) is 36.4 Å². The van der Waals surface area contributed by atoms with E-state index < -0.39 is 0 Å². The molecule has 0 bridgehead atoms. The first-order chi connectivity index (χ1) is 13.1. The van der Waals surface area contributed by atoms with Crippen LogP contribution < -0.4 is 10.1 Å². The second-order valence-corrected chi connectivity index (χ2v) is 6.32. The molecule has 0 saturated carbocycles. The summed E-state index contributed by atoms with van der Waals surface area (Å²) < 4.78 is 5.55. The van der Waals surface area contributed by atoms with Gasteiger partial charge in [-0.25, -0.2) is 0 Å². The van der Waals surface area contributed by atoms with Gasteiger partial charge >= 0.3 is 0 Å². The molecule has 144 valence electrons. The molecular weight excluding hydrogens is 342 g/mol. The Hall–Kier alpha value is -2.95. The van der Waals surface area contributed by atoms with Crippen LogP contribution in [0.2, 0.25) is 0 Å². The van der Waals surface area contributed by atoms with Crippen molar-refractivity contribution in [2.45, 2.75) is 32.6 Å². The van der Waals surface area contributed by atoms with E-state index >= 15 is 0 Å². The standard InChI is InChI=1S/C22H27NO4/c1-2-3-4-15-27-21-11-7-18(16-20(21)25)8-12-22(26)23-14-13-17-5-9-19(24)10-6-17/h5-12,16,24-25H,2-4,13-15H2,1H3,(H,23,26). The Labute approximate surface area is 160 Å². The molecule has 5 heteroatoms. The van der Waals surface area contributed by atoms with Crippen molar-refractivity contribution < 1.29 is 19.7 Å². The highest BCUT2D eigenvalue weighted by Gasteiger charge is 2.03. The van der Waals surface area contributed by atoms with Gasteiger partial charge in [-0.15, -0.1) is 0 Å².